The molecular weight excluding hydrogens is 311 g/mol. The summed E-state index contributed by atoms with van der Waals surface area (Å²) in [6.45, 7) is 0. The van der Waals surface area contributed by atoms with E-state index in [9.17, 15) is 5.11 Å². The summed E-state index contributed by atoms with van der Waals surface area (Å²) in [4.78, 5) is 4.47. The Morgan fingerprint density at radius 2 is 1.95 bits per heavy atom. The van der Waals surface area contributed by atoms with Gasteiger partial charge in [0.1, 0.15) is 5.75 Å². The summed E-state index contributed by atoms with van der Waals surface area (Å²) >= 11 is 0. The van der Waals surface area contributed by atoms with Crippen molar-refractivity contribution in [1.29, 1.82) is 0 Å². The quantitative estimate of drug-likeness (QED) is 0.837. The molecule has 119 valence electrons. The van der Waals surface area contributed by atoms with Crippen molar-refractivity contribution in [1.82, 2.24) is 0 Å². The Morgan fingerprint density at radius 1 is 1.29 bits per heavy atom. The van der Waals surface area contributed by atoms with Crippen LogP contribution in [-0.4, -0.2) is 25.4 Å². The van der Waals surface area contributed by atoms with Gasteiger partial charge in [-0.2, -0.15) is 0 Å². The second kappa shape index (κ2) is 10.6. The van der Waals surface area contributed by atoms with Crippen LogP contribution in [0.4, 0.5) is 0 Å². The van der Waals surface area contributed by atoms with Crippen LogP contribution >= 0.6 is 0 Å². The number of rotatable bonds is 3. The van der Waals surface area contributed by atoms with E-state index in [4.69, 9.17) is 10.5 Å². The smallest absolute Gasteiger partial charge is 0.119 e. The van der Waals surface area contributed by atoms with E-state index in [1.54, 1.807) is 25.5 Å². The second-order valence-corrected chi connectivity index (χ2v) is 4.70. The molecule has 0 aliphatic heterocycles. The molecule has 2 rings (SSSR count). The van der Waals surface area contributed by atoms with Crippen molar-refractivity contribution in [3.05, 3.63) is 23.8 Å². The summed E-state index contributed by atoms with van der Waals surface area (Å²) in [6.07, 6.45) is 6.01. The molecule has 2 atom stereocenters. The van der Waals surface area contributed by atoms with Gasteiger partial charge in [-0.15, -0.1) is 0 Å². The fourth-order valence-corrected chi connectivity index (χ4v) is 2.26. The van der Waals surface area contributed by atoms with Crippen molar-refractivity contribution in [3.63, 3.8) is 0 Å². The zero-order valence-corrected chi connectivity index (χ0v) is 13.3. The Balaban J connectivity index is 0. The fraction of sp³-hybridized carbons (Fsp3) is 0.500. The minimum absolute atomic E-state index is 0. The summed E-state index contributed by atoms with van der Waals surface area (Å²) in [5.41, 5.74) is 6.58. The van der Waals surface area contributed by atoms with Gasteiger partial charge in [0.05, 0.1) is 13.2 Å². The number of hydrogen-bond donors (Lipinski definition) is 1. The molecule has 6 nitrogen and oxygen atoms in total. The number of nitrogens with zero attached hydrogens (tertiary/aromatic N) is 1. The molecule has 0 unspecified atom stereocenters. The van der Waals surface area contributed by atoms with Crippen LogP contribution in [0.5, 0.6) is 11.5 Å². The molecule has 7 heteroatoms. The molecule has 0 amide bonds. The van der Waals surface area contributed by atoms with E-state index in [0.717, 1.165) is 19.3 Å². The van der Waals surface area contributed by atoms with Crippen molar-refractivity contribution < 1.29 is 39.4 Å². The molecular formula is C14H19N2O4V-5. The Kier molecular flexibility index (Phi) is 11.3. The van der Waals surface area contributed by atoms with Crippen molar-refractivity contribution in [3.8, 4) is 11.5 Å². The minimum atomic E-state index is -0.0380. The Hall–Kier alpha value is -1.05. The molecule has 1 aliphatic rings. The van der Waals surface area contributed by atoms with Gasteiger partial charge in [0, 0.05) is 30.8 Å². The summed E-state index contributed by atoms with van der Waals surface area (Å²) in [5.74, 6) is 0.632. The van der Waals surface area contributed by atoms with Gasteiger partial charge in [0.15, 0.2) is 0 Å². The van der Waals surface area contributed by atoms with E-state index in [0.29, 0.717) is 11.3 Å². The predicted molar refractivity (Wildman–Crippen MR) is 71.6 cm³/mol. The first kappa shape index (κ1) is 22.2. The van der Waals surface area contributed by atoms with Gasteiger partial charge >= 0.3 is 0 Å². The topological polar surface area (TPSA) is 128 Å². The van der Waals surface area contributed by atoms with Crippen LogP contribution in [-0.2, 0) is 29.5 Å². The summed E-state index contributed by atoms with van der Waals surface area (Å²) in [5, 5.41) is 11.7. The SMILES string of the molecule is COc1ccc([O-])c(C=N[C@H]2CCCC[C@@H]2N)c1.[O-2].[O-2].[V]. The zero-order chi connectivity index (χ0) is 13.0. The number of aliphatic imine (C=N–C) groups is 1. The second-order valence-electron chi connectivity index (χ2n) is 4.70. The number of ether oxygens (including phenoxy) is 1. The molecule has 0 aromatic heterocycles. The summed E-state index contributed by atoms with van der Waals surface area (Å²) in [6, 6.07) is 5.13. The third-order valence-electron chi connectivity index (χ3n) is 3.40. The normalized spacial score (nSPS) is 20.9. The molecule has 1 aromatic rings. The maximum atomic E-state index is 11.7. The minimum Gasteiger partial charge on any atom is -2.00 e. The standard InChI is InChI=1S/C14H20N2O2.2O.V/c1-18-11-6-7-14(17)10(8-11)9-16-13-5-3-2-4-12(13)15;;;/h6-9,12-13,17H,2-5,15H2,1H3;;;/q;2*-2;/p-1/t12-,13-;;;/m0.../s1. The van der Waals surface area contributed by atoms with E-state index >= 15 is 0 Å². The van der Waals surface area contributed by atoms with Crippen molar-refractivity contribution in [2.45, 2.75) is 37.8 Å². The largest absolute Gasteiger partial charge is 2.00 e. The Bertz CT molecular complexity index is 443. The third-order valence-corrected chi connectivity index (χ3v) is 3.40. The molecule has 0 heterocycles. The van der Waals surface area contributed by atoms with E-state index in [-0.39, 0.29) is 47.3 Å². The van der Waals surface area contributed by atoms with Crippen molar-refractivity contribution in [2.75, 3.05) is 7.11 Å². The van der Waals surface area contributed by atoms with Gasteiger partial charge in [-0.05, 0) is 30.5 Å². The first-order valence-corrected chi connectivity index (χ1v) is 6.34. The zero-order valence-electron chi connectivity index (χ0n) is 11.9. The number of hydrogen-bond acceptors (Lipinski definition) is 4. The molecule has 1 saturated carbocycles. The predicted octanol–water partition coefficient (Wildman–Crippen LogP) is 1.22. The van der Waals surface area contributed by atoms with Crippen LogP contribution < -0.4 is 15.6 Å². The van der Waals surface area contributed by atoms with E-state index in [1.807, 2.05) is 0 Å². The van der Waals surface area contributed by atoms with Gasteiger partial charge < -0.3 is 26.5 Å². The van der Waals surface area contributed by atoms with Crippen LogP contribution in [0.25, 0.3) is 0 Å². The van der Waals surface area contributed by atoms with Gasteiger partial charge in [-0.3, -0.25) is 4.99 Å². The maximum Gasteiger partial charge on any atom is 0.119 e. The average molecular weight is 330 g/mol. The molecule has 0 spiro atoms. The number of methoxy groups -OCH3 is 1. The van der Waals surface area contributed by atoms with Gasteiger partial charge in [-0.25, -0.2) is 0 Å². The molecule has 1 aliphatic carbocycles. The molecule has 1 aromatic carbocycles. The molecule has 0 bridgehead atoms. The monoisotopic (exact) mass is 330 g/mol. The summed E-state index contributed by atoms with van der Waals surface area (Å²) < 4.78 is 5.10. The van der Waals surface area contributed by atoms with Crippen molar-refractivity contribution >= 4 is 6.21 Å². The maximum absolute atomic E-state index is 11.7. The third kappa shape index (κ3) is 6.07. The molecule has 21 heavy (non-hydrogen) atoms. The first-order valence-electron chi connectivity index (χ1n) is 6.34. The van der Waals surface area contributed by atoms with E-state index in [2.05, 4.69) is 4.99 Å². The number of benzene rings is 1. The fourth-order valence-electron chi connectivity index (χ4n) is 2.26. The Morgan fingerprint density at radius 3 is 2.57 bits per heavy atom. The van der Waals surface area contributed by atoms with Crippen LogP contribution in [0, 0.1) is 0 Å². The van der Waals surface area contributed by atoms with Crippen LogP contribution in [0.15, 0.2) is 23.2 Å². The van der Waals surface area contributed by atoms with E-state index in [1.165, 1.54) is 12.5 Å². The van der Waals surface area contributed by atoms with Crippen molar-refractivity contribution in [2.24, 2.45) is 10.7 Å². The van der Waals surface area contributed by atoms with Gasteiger partial charge in [-0.1, -0.05) is 24.7 Å². The Labute approximate surface area is 136 Å². The van der Waals surface area contributed by atoms with Gasteiger partial charge in [0.2, 0.25) is 0 Å². The molecule has 2 N–H and O–H groups in total. The molecule has 1 fully saturated rings. The van der Waals surface area contributed by atoms with Crippen LogP contribution in [0.2, 0.25) is 0 Å². The summed E-state index contributed by atoms with van der Waals surface area (Å²) in [7, 11) is 1.58. The number of nitrogens with two attached hydrogens (primary N) is 1. The van der Waals surface area contributed by atoms with Crippen LogP contribution in [0.1, 0.15) is 31.2 Å². The molecule has 0 saturated heterocycles. The van der Waals surface area contributed by atoms with E-state index < -0.39 is 0 Å². The van der Waals surface area contributed by atoms with Gasteiger partial charge in [0.25, 0.3) is 0 Å². The molecule has 1 radical (unpaired) electrons. The first-order chi connectivity index (χ1) is 8.70. The van der Waals surface area contributed by atoms with Crippen LogP contribution in [0.3, 0.4) is 0 Å². The average Bonchev–Trinajstić information content (AvgIpc) is 2.39.